The fourth-order valence-corrected chi connectivity index (χ4v) is 3.72. The summed E-state index contributed by atoms with van der Waals surface area (Å²) in [5.41, 5.74) is 2.60. The van der Waals surface area contributed by atoms with E-state index in [4.69, 9.17) is 0 Å². The molecule has 0 bridgehead atoms. The third-order valence-corrected chi connectivity index (χ3v) is 5.44. The van der Waals surface area contributed by atoms with Gasteiger partial charge in [-0.25, -0.2) is 9.78 Å². The second kappa shape index (κ2) is 6.90. The minimum atomic E-state index is 0.0477. The van der Waals surface area contributed by atoms with Crippen molar-refractivity contribution in [3.8, 4) is 0 Å². The predicted molar refractivity (Wildman–Crippen MR) is 97.3 cm³/mol. The Balaban J connectivity index is 1.32. The van der Waals surface area contributed by atoms with Crippen molar-refractivity contribution in [2.45, 2.75) is 57.7 Å². The molecular weight excluding hydrogens is 312 g/mol. The van der Waals surface area contributed by atoms with Crippen LogP contribution in [0.5, 0.6) is 0 Å². The molecule has 0 unspecified atom stereocenters. The Morgan fingerprint density at radius 3 is 2.72 bits per heavy atom. The SMILES string of the molecule is Cc1nccn1C[C@@H]1CCCN1C(=O)NCc1ccc(C2CC2)cc1. The number of aryl methyl sites for hydroxylation is 1. The van der Waals surface area contributed by atoms with Crippen molar-refractivity contribution in [1.29, 1.82) is 0 Å². The molecule has 4 rings (SSSR count). The van der Waals surface area contributed by atoms with Crippen molar-refractivity contribution in [1.82, 2.24) is 19.8 Å². The summed E-state index contributed by atoms with van der Waals surface area (Å²) in [7, 11) is 0. The van der Waals surface area contributed by atoms with Crippen LogP contribution in [0, 0.1) is 6.92 Å². The van der Waals surface area contributed by atoms with Gasteiger partial charge < -0.3 is 14.8 Å². The van der Waals surface area contributed by atoms with Gasteiger partial charge in [0.1, 0.15) is 5.82 Å². The number of hydrogen-bond acceptors (Lipinski definition) is 2. The second-order valence-electron chi connectivity index (χ2n) is 7.29. The van der Waals surface area contributed by atoms with Crippen molar-refractivity contribution in [3.63, 3.8) is 0 Å². The highest BCUT2D eigenvalue weighted by Gasteiger charge is 2.29. The van der Waals surface area contributed by atoms with E-state index < -0.39 is 0 Å². The molecule has 25 heavy (non-hydrogen) atoms. The van der Waals surface area contributed by atoms with Gasteiger partial charge in [-0.2, -0.15) is 0 Å². The zero-order chi connectivity index (χ0) is 17.2. The molecule has 5 nitrogen and oxygen atoms in total. The molecule has 1 atom stereocenters. The first-order valence-corrected chi connectivity index (χ1v) is 9.32. The van der Waals surface area contributed by atoms with Crippen molar-refractivity contribution < 1.29 is 4.79 Å². The van der Waals surface area contributed by atoms with Crippen LogP contribution in [0.15, 0.2) is 36.7 Å². The lowest BCUT2D eigenvalue weighted by atomic mass is 10.1. The first-order valence-electron chi connectivity index (χ1n) is 9.32. The van der Waals surface area contributed by atoms with Crippen LogP contribution in [-0.2, 0) is 13.1 Å². The number of urea groups is 1. The average Bonchev–Trinajstić information content (AvgIpc) is 3.25. The molecule has 1 saturated heterocycles. The third kappa shape index (κ3) is 3.70. The van der Waals surface area contributed by atoms with Crippen LogP contribution in [0.25, 0.3) is 0 Å². The number of aromatic nitrogens is 2. The van der Waals surface area contributed by atoms with Gasteiger partial charge in [0.2, 0.25) is 0 Å². The molecule has 2 amide bonds. The Morgan fingerprint density at radius 1 is 1.24 bits per heavy atom. The van der Waals surface area contributed by atoms with Crippen LogP contribution < -0.4 is 5.32 Å². The Bertz CT molecular complexity index is 732. The number of carbonyl (C=O) groups is 1. The van der Waals surface area contributed by atoms with E-state index in [0.29, 0.717) is 6.54 Å². The molecule has 1 aromatic carbocycles. The average molecular weight is 338 g/mol. The molecule has 2 heterocycles. The van der Waals surface area contributed by atoms with E-state index in [2.05, 4.69) is 39.1 Å². The molecule has 2 aromatic rings. The van der Waals surface area contributed by atoms with Crippen molar-refractivity contribution in [3.05, 3.63) is 53.6 Å². The van der Waals surface area contributed by atoms with Gasteiger partial charge in [0.25, 0.3) is 0 Å². The minimum absolute atomic E-state index is 0.0477. The number of nitrogens with one attached hydrogen (secondary N) is 1. The van der Waals surface area contributed by atoms with Gasteiger partial charge in [0.05, 0.1) is 6.04 Å². The maximum absolute atomic E-state index is 12.6. The zero-order valence-corrected chi connectivity index (χ0v) is 14.8. The number of hydrogen-bond donors (Lipinski definition) is 1. The zero-order valence-electron chi connectivity index (χ0n) is 14.8. The summed E-state index contributed by atoms with van der Waals surface area (Å²) in [6.45, 7) is 4.27. The molecule has 1 aliphatic carbocycles. The van der Waals surface area contributed by atoms with Crippen molar-refractivity contribution in [2.75, 3.05) is 6.54 Å². The van der Waals surface area contributed by atoms with E-state index >= 15 is 0 Å². The molecule has 1 aliphatic heterocycles. The Hall–Kier alpha value is -2.30. The lowest BCUT2D eigenvalue weighted by molar-refractivity contribution is 0.186. The molecular formula is C20H26N4O. The maximum atomic E-state index is 12.6. The highest BCUT2D eigenvalue weighted by Crippen LogP contribution is 2.39. The first-order chi connectivity index (χ1) is 12.2. The van der Waals surface area contributed by atoms with Gasteiger partial charge in [-0.3, -0.25) is 0 Å². The summed E-state index contributed by atoms with van der Waals surface area (Å²) >= 11 is 0. The number of benzene rings is 1. The Kier molecular flexibility index (Phi) is 4.47. The molecule has 1 N–H and O–H groups in total. The number of likely N-dealkylation sites (tertiary alicyclic amines) is 1. The van der Waals surface area contributed by atoms with E-state index in [1.54, 1.807) is 0 Å². The standard InChI is InChI=1S/C20H26N4O/c1-15-21-10-12-23(15)14-19-3-2-11-24(19)20(25)22-13-16-4-6-17(7-5-16)18-8-9-18/h4-7,10,12,18-19H,2-3,8-9,11,13-14H2,1H3,(H,22,25)/t19-/m0/s1. The van der Waals surface area contributed by atoms with Crippen LogP contribution in [0.4, 0.5) is 4.79 Å². The second-order valence-corrected chi connectivity index (χ2v) is 7.29. The fourth-order valence-electron chi connectivity index (χ4n) is 3.72. The molecule has 132 valence electrons. The van der Waals surface area contributed by atoms with E-state index in [1.807, 2.05) is 24.2 Å². The molecule has 2 aliphatic rings. The highest BCUT2D eigenvalue weighted by molar-refractivity contribution is 5.74. The monoisotopic (exact) mass is 338 g/mol. The number of carbonyl (C=O) groups excluding carboxylic acids is 1. The fraction of sp³-hybridized carbons (Fsp3) is 0.500. The summed E-state index contributed by atoms with van der Waals surface area (Å²) in [5.74, 6) is 1.78. The van der Waals surface area contributed by atoms with E-state index in [1.165, 1.54) is 24.0 Å². The summed E-state index contributed by atoms with van der Waals surface area (Å²) in [6, 6.07) is 9.00. The van der Waals surface area contributed by atoms with Gasteiger partial charge in [0, 0.05) is 32.0 Å². The van der Waals surface area contributed by atoms with Crippen LogP contribution in [-0.4, -0.2) is 33.1 Å². The van der Waals surface area contributed by atoms with E-state index in [0.717, 1.165) is 37.7 Å². The lowest BCUT2D eigenvalue weighted by Gasteiger charge is -2.25. The van der Waals surface area contributed by atoms with E-state index in [9.17, 15) is 4.79 Å². The summed E-state index contributed by atoms with van der Waals surface area (Å²) in [4.78, 5) is 18.9. The van der Waals surface area contributed by atoms with Crippen LogP contribution in [0.1, 0.15) is 48.6 Å². The summed E-state index contributed by atoms with van der Waals surface area (Å²) < 4.78 is 2.13. The Labute approximate surface area is 149 Å². The smallest absolute Gasteiger partial charge is 0.317 e. The first kappa shape index (κ1) is 16.2. The topological polar surface area (TPSA) is 50.2 Å². The lowest BCUT2D eigenvalue weighted by Crippen LogP contribution is -2.44. The van der Waals surface area contributed by atoms with Gasteiger partial charge in [-0.15, -0.1) is 0 Å². The number of nitrogens with zero attached hydrogens (tertiary/aromatic N) is 3. The Morgan fingerprint density at radius 2 is 2.04 bits per heavy atom. The van der Waals surface area contributed by atoms with E-state index in [-0.39, 0.29) is 12.1 Å². The highest BCUT2D eigenvalue weighted by atomic mass is 16.2. The summed E-state index contributed by atoms with van der Waals surface area (Å²) in [6.07, 6.45) is 8.58. The van der Waals surface area contributed by atoms with Gasteiger partial charge in [-0.1, -0.05) is 24.3 Å². The van der Waals surface area contributed by atoms with Crippen LogP contribution >= 0.6 is 0 Å². The largest absolute Gasteiger partial charge is 0.334 e. The normalized spacial score (nSPS) is 20.0. The summed E-state index contributed by atoms with van der Waals surface area (Å²) in [5, 5.41) is 3.09. The molecule has 1 aromatic heterocycles. The molecule has 0 spiro atoms. The van der Waals surface area contributed by atoms with Gasteiger partial charge >= 0.3 is 6.03 Å². The maximum Gasteiger partial charge on any atom is 0.317 e. The number of imidazole rings is 1. The molecule has 1 saturated carbocycles. The number of amides is 2. The third-order valence-electron chi connectivity index (χ3n) is 5.44. The van der Waals surface area contributed by atoms with Crippen LogP contribution in [0.2, 0.25) is 0 Å². The van der Waals surface area contributed by atoms with Crippen molar-refractivity contribution >= 4 is 6.03 Å². The molecule has 2 fully saturated rings. The van der Waals surface area contributed by atoms with Gasteiger partial charge in [0.15, 0.2) is 0 Å². The number of rotatable bonds is 5. The van der Waals surface area contributed by atoms with Crippen LogP contribution in [0.3, 0.4) is 0 Å². The minimum Gasteiger partial charge on any atom is -0.334 e. The molecule has 0 radical (unpaired) electrons. The predicted octanol–water partition coefficient (Wildman–Crippen LogP) is 3.44. The van der Waals surface area contributed by atoms with Gasteiger partial charge in [-0.05, 0) is 49.7 Å². The molecule has 5 heteroatoms. The van der Waals surface area contributed by atoms with Crippen molar-refractivity contribution in [2.24, 2.45) is 0 Å². The quantitative estimate of drug-likeness (QED) is 0.908.